The first-order valence-corrected chi connectivity index (χ1v) is 5.76. The largest absolute Gasteiger partial charge is 0.330 e. The highest BCUT2D eigenvalue weighted by atomic mass is 32.1. The van der Waals surface area contributed by atoms with Crippen molar-refractivity contribution in [3.8, 4) is 0 Å². The number of hydrogen-bond acceptors (Lipinski definition) is 3. The van der Waals surface area contributed by atoms with Crippen molar-refractivity contribution in [2.75, 3.05) is 13.1 Å². The Hall–Kier alpha value is -0.380. The standard InChI is InChI=1S/C10H16N2S/c11-7-8-3-1-5-12-10(8)9-4-2-6-13-9/h2,4,6,8,10,12H,1,3,5,7,11H2/t8-,10+/m0/s1. The van der Waals surface area contributed by atoms with Gasteiger partial charge in [-0.05, 0) is 43.3 Å². The molecule has 2 rings (SSSR count). The van der Waals surface area contributed by atoms with Gasteiger partial charge in [-0.1, -0.05) is 6.07 Å². The maximum Gasteiger partial charge on any atom is 0.0455 e. The van der Waals surface area contributed by atoms with Crippen LogP contribution < -0.4 is 11.1 Å². The molecule has 1 saturated heterocycles. The summed E-state index contributed by atoms with van der Waals surface area (Å²) in [4.78, 5) is 1.44. The Kier molecular flexibility index (Phi) is 2.98. The first-order valence-electron chi connectivity index (χ1n) is 4.88. The van der Waals surface area contributed by atoms with Gasteiger partial charge < -0.3 is 11.1 Å². The number of rotatable bonds is 2. The summed E-state index contributed by atoms with van der Waals surface area (Å²) in [6.45, 7) is 1.94. The molecule has 2 nitrogen and oxygen atoms in total. The van der Waals surface area contributed by atoms with E-state index < -0.39 is 0 Å². The van der Waals surface area contributed by atoms with Crippen LogP contribution in [0.4, 0.5) is 0 Å². The van der Waals surface area contributed by atoms with Gasteiger partial charge in [0.15, 0.2) is 0 Å². The van der Waals surface area contributed by atoms with E-state index in [9.17, 15) is 0 Å². The monoisotopic (exact) mass is 196 g/mol. The smallest absolute Gasteiger partial charge is 0.0455 e. The fraction of sp³-hybridized carbons (Fsp3) is 0.600. The maximum absolute atomic E-state index is 5.76. The lowest BCUT2D eigenvalue weighted by atomic mass is 9.90. The first kappa shape index (κ1) is 9.19. The summed E-state index contributed by atoms with van der Waals surface area (Å²) < 4.78 is 0. The molecule has 0 saturated carbocycles. The summed E-state index contributed by atoms with van der Waals surface area (Å²) in [5.41, 5.74) is 5.76. The van der Waals surface area contributed by atoms with Crippen LogP contribution >= 0.6 is 11.3 Å². The molecule has 1 aromatic rings. The van der Waals surface area contributed by atoms with Crippen LogP contribution in [0.2, 0.25) is 0 Å². The van der Waals surface area contributed by atoms with Crippen LogP contribution in [0, 0.1) is 5.92 Å². The molecule has 13 heavy (non-hydrogen) atoms. The number of nitrogens with two attached hydrogens (primary N) is 1. The molecular formula is C10H16N2S. The van der Waals surface area contributed by atoms with Crippen LogP contribution in [-0.4, -0.2) is 13.1 Å². The maximum atomic E-state index is 5.76. The second-order valence-electron chi connectivity index (χ2n) is 3.59. The van der Waals surface area contributed by atoms with Gasteiger partial charge in [0.1, 0.15) is 0 Å². The van der Waals surface area contributed by atoms with E-state index in [2.05, 4.69) is 22.8 Å². The van der Waals surface area contributed by atoms with Crippen molar-refractivity contribution in [3.63, 3.8) is 0 Å². The van der Waals surface area contributed by atoms with Crippen molar-refractivity contribution in [2.45, 2.75) is 18.9 Å². The summed E-state index contributed by atoms with van der Waals surface area (Å²) in [5.74, 6) is 0.632. The lowest BCUT2D eigenvalue weighted by Crippen LogP contribution is -2.37. The summed E-state index contributed by atoms with van der Waals surface area (Å²) >= 11 is 1.83. The average Bonchev–Trinajstić information content (AvgIpc) is 2.70. The van der Waals surface area contributed by atoms with E-state index in [4.69, 9.17) is 5.73 Å². The third-order valence-corrected chi connectivity index (χ3v) is 3.70. The first-order chi connectivity index (χ1) is 6.42. The molecular weight excluding hydrogens is 180 g/mol. The lowest BCUT2D eigenvalue weighted by Gasteiger charge is -2.31. The van der Waals surface area contributed by atoms with Gasteiger partial charge >= 0.3 is 0 Å². The van der Waals surface area contributed by atoms with Crippen LogP contribution in [0.3, 0.4) is 0 Å². The van der Waals surface area contributed by atoms with Crippen LogP contribution in [0.5, 0.6) is 0 Å². The van der Waals surface area contributed by atoms with Crippen LogP contribution in [-0.2, 0) is 0 Å². The van der Waals surface area contributed by atoms with Crippen molar-refractivity contribution < 1.29 is 0 Å². The van der Waals surface area contributed by atoms with Crippen LogP contribution in [0.15, 0.2) is 17.5 Å². The zero-order valence-electron chi connectivity index (χ0n) is 7.70. The molecule has 0 aliphatic carbocycles. The Morgan fingerprint density at radius 2 is 2.54 bits per heavy atom. The predicted octanol–water partition coefficient (Wildman–Crippen LogP) is 1.75. The molecule has 1 aliphatic rings. The molecule has 0 aromatic carbocycles. The Morgan fingerprint density at radius 3 is 3.23 bits per heavy atom. The number of thiophene rings is 1. The average molecular weight is 196 g/mol. The van der Waals surface area contributed by atoms with Gasteiger partial charge in [-0.25, -0.2) is 0 Å². The molecule has 0 spiro atoms. The van der Waals surface area contributed by atoms with Crippen molar-refractivity contribution >= 4 is 11.3 Å². The Morgan fingerprint density at radius 1 is 1.62 bits per heavy atom. The van der Waals surface area contributed by atoms with Gasteiger partial charge in [-0.3, -0.25) is 0 Å². The molecule has 2 atom stereocenters. The minimum Gasteiger partial charge on any atom is -0.330 e. The van der Waals surface area contributed by atoms with E-state index in [0.717, 1.165) is 13.1 Å². The van der Waals surface area contributed by atoms with E-state index in [1.165, 1.54) is 17.7 Å². The summed E-state index contributed by atoms with van der Waals surface area (Å²) in [6, 6.07) is 4.83. The lowest BCUT2D eigenvalue weighted by molar-refractivity contribution is 0.295. The van der Waals surface area contributed by atoms with Crippen molar-refractivity contribution in [1.82, 2.24) is 5.32 Å². The van der Waals surface area contributed by atoms with Crippen molar-refractivity contribution in [1.29, 1.82) is 0 Å². The Labute approximate surface area is 83.1 Å². The minimum absolute atomic E-state index is 0.513. The molecule has 1 aliphatic heterocycles. The molecule has 0 bridgehead atoms. The topological polar surface area (TPSA) is 38.0 Å². The molecule has 3 heteroatoms. The quantitative estimate of drug-likeness (QED) is 0.756. The number of piperidine rings is 1. The molecule has 1 fully saturated rings. The highest BCUT2D eigenvalue weighted by Crippen LogP contribution is 2.30. The van der Waals surface area contributed by atoms with E-state index in [1.807, 2.05) is 11.3 Å². The summed E-state index contributed by atoms with van der Waals surface area (Å²) in [6.07, 6.45) is 2.54. The SMILES string of the molecule is NC[C@@H]1CCCN[C@H]1c1cccs1. The molecule has 1 aromatic heterocycles. The van der Waals surface area contributed by atoms with Gasteiger partial charge in [0.25, 0.3) is 0 Å². The zero-order valence-corrected chi connectivity index (χ0v) is 8.52. The van der Waals surface area contributed by atoms with E-state index in [-0.39, 0.29) is 0 Å². The summed E-state index contributed by atoms with van der Waals surface area (Å²) in [5, 5.41) is 5.69. The zero-order chi connectivity index (χ0) is 9.10. The van der Waals surface area contributed by atoms with Crippen molar-refractivity contribution in [3.05, 3.63) is 22.4 Å². The highest BCUT2D eigenvalue weighted by molar-refractivity contribution is 7.10. The van der Waals surface area contributed by atoms with Gasteiger partial charge in [0.2, 0.25) is 0 Å². The normalized spacial score (nSPS) is 29.0. The second kappa shape index (κ2) is 4.22. The molecule has 72 valence electrons. The van der Waals surface area contributed by atoms with Gasteiger partial charge in [-0.2, -0.15) is 0 Å². The molecule has 2 heterocycles. The molecule has 0 unspecified atom stereocenters. The van der Waals surface area contributed by atoms with Crippen LogP contribution in [0.1, 0.15) is 23.8 Å². The van der Waals surface area contributed by atoms with Gasteiger partial charge in [0, 0.05) is 10.9 Å². The fourth-order valence-electron chi connectivity index (χ4n) is 2.01. The number of nitrogens with one attached hydrogen (secondary N) is 1. The second-order valence-corrected chi connectivity index (χ2v) is 4.56. The molecule has 3 N–H and O–H groups in total. The van der Waals surface area contributed by atoms with Crippen molar-refractivity contribution in [2.24, 2.45) is 11.7 Å². The third-order valence-electron chi connectivity index (χ3n) is 2.74. The van der Waals surface area contributed by atoms with E-state index >= 15 is 0 Å². The molecule has 0 amide bonds. The Bertz CT molecular complexity index is 245. The molecule has 0 radical (unpaired) electrons. The van der Waals surface area contributed by atoms with Crippen LogP contribution in [0.25, 0.3) is 0 Å². The highest BCUT2D eigenvalue weighted by Gasteiger charge is 2.25. The fourth-order valence-corrected chi connectivity index (χ4v) is 2.90. The summed E-state index contributed by atoms with van der Waals surface area (Å²) in [7, 11) is 0. The third kappa shape index (κ3) is 1.93. The minimum atomic E-state index is 0.513. The van der Waals surface area contributed by atoms with Gasteiger partial charge in [0.05, 0.1) is 0 Å². The Balaban J connectivity index is 2.11. The van der Waals surface area contributed by atoms with E-state index in [0.29, 0.717) is 12.0 Å². The number of hydrogen-bond donors (Lipinski definition) is 2. The van der Waals surface area contributed by atoms with Gasteiger partial charge in [-0.15, -0.1) is 11.3 Å². The van der Waals surface area contributed by atoms with E-state index in [1.54, 1.807) is 0 Å². The predicted molar refractivity (Wildman–Crippen MR) is 56.8 cm³/mol.